The predicted molar refractivity (Wildman–Crippen MR) is 69.5 cm³/mol. The van der Waals surface area contributed by atoms with E-state index in [0.717, 1.165) is 23.8 Å². The number of rotatable bonds is 3. The van der Waals surface area contributed by atoms with Crippen molar-refractivity contribution in [2.24, 2.45) is 0 Å². The summed E-state index contributed by atoms with van der Waals surface area (Å²) < 4.78 is 46.6. The zero-order valence-electron chi connectivity index (χ0n) is 10.9. The average Bonchev–Trinajstić information content (AvgIpc) is 2.95. The van der Waals surface area contributed by atoms with Crippen molar-refractivity contribution in [3.8, 4) is 5.75 Å². The first kappa shape index (κ1) is 14.7. The van der Waals surface area contributed by atoms with Gasteiger partial charge in [-0.3, -0.25) is 9.78 Å². The molecule has 1 aliphatic heterocycles. The second-order valence-corrected chi connectivity index (χ2v) is 5.22. The molecule has 2 aromatic heterocycles. The smallest absolute Gasteiger partial charge is 0.433 e. The summed E-state index contributed by atoms with van der Waals surface area (Å²) in [6, 6.07) is 2.19. The van der Waals surface area contributed by atoms with E-state index in [4.69, 9.17) is 4.74 Å². The largest absolute Gasteiger partial charge is 0.487 e. The minimum absolute atomic E-state index is 0.0785. The Labute approximate surface area is 126 Å². The van der Waals surface area contributed by atoms with Crippen molar-refractivity contribution in [1.82, 2.24) is 19.5 Å². The fraction of sp³-hybridized carbons (Fsp3) is 0.333. The Morgan fingerprint density at radius 3 is 2.82 bits per heavy atom. The lowest BCUT2D eigenvalue weighted by molar-refractivity contribution is -0.141. The molecule has 0 bridgehead atoms. The van der Waals surface area contributed by atoms with E-state index in [1.807, 2.05) is 0 Å². The number of carbonyl (C=O) groups excluding carboxylic acids is 1. The molecule has 6 nitrogen and oxygen atoms in total. The fourth-order valence-electron chi connectivity index (χ4n) is 1.93. The molecule has 0 saturated carbocycles. The number of hydrogen-bond acceptors (Lipinski definition) is 6. The van der Waals surface area contributed by atoms with Crippen LogP contribution in [0.5, 0.6) is 5.75 Å². The lowest BCUT2D eigenvalue weighted by Crippen LogP contribution is -2.56. The van der Waals surface area contributed by atoms with Gasteiger partial charge in [-0.1, -0.05) is 4.49 Å². The van der Waals surface area contributed by atoms with Crippen LogP contribution in [0.1, 0.15) is 16.2 Å². The topological polar surface area (TPSA) is 68.2 Å². The summed E-state index contributed by atoms with van der Waals surface area (Å²) in [4.78, 5) is 16.6. The minimum atomic E-state index is -4.52. The summed E-state index contributed by atoms with van der Waals surface area (Å²) in [5.41, 5.74) is -0.752. The van der Waals surface area contributed by atoms with E-state index in [-0.39, 0.29) is 23.5 Å². The molecule has 1 aliphatic rings. The molecule has 0 aromatic carbocycles. The summed E-state index contributed by atoms with van der Waals surface area (Å²) in [7, 11) is 0. The average molecular weight is 330 g/mol. The maximum absolute atomic E-state index is 12.5. The Morgan fingerprint density at radius 2 is 2.18 bits per heavy atom. The van der Waals surface area contributed by atoms with Gasteiger partial charge in [0, 0.05) is 17.6 Å². The van der Waals surface area contributed by atoms with E-state index in [0.29, 0.717) is 13.1 Å². The zero-order valence-corrected chi connectivity index (χ0v) is 11.8. The van der Waals surface area contributed by atoms with Crippen molar-refractivity contribution in [2.45, 2.75) is 12.3 Å². The summed E-state index contributed by atoms with van der Waals surface area (Å²) in [6.45, 7) is 0.583. The molecule has 1 amide bonds. The van der Waals surface area contributed by atoms with E-state index in [2.05, 4.69) is 14.6 Å². The quantitative estimate of drug-likeness (QED) is 0.859. The Morgan fingerprint density at radius 1 is 1.41 bits per heavy atom. The highest BCUT2D eigenvalue weighted by atomic mass is 32.1. The van der Waals surface area contributed by atoms with E-state index in [1.165, 1.54) is 16.3 Å². The molecule has 0 aliphatic carbocycles. The number of amides is 1. The van der Waals surface area contributed by atoms with Gasteiger partial charge >= 0.3 is 6.18 Å². The van der Waals surface area contributed by atoms with Crippen molar-refractivity contribution < 1.29 is 22.7 Å². The lowest BCUT2D eigenvalue weighted by Gasteiger charge is -2.38. The molecule has 1 saturated heterocycles. The van der Waals surface area contributed by atoms with E-state index in [9.17, 15) is 18.0 Å². The number of carbonyl (C=O) groups is 1. The van der Waals surface area contributed by atoms with Gasteiger partial charge in [0.1, 0.15) is 17.5 Å². The first-order valence-electron chi connectivity index (χ1n) is 6.20. The summed E-state index contributed by atoms with van der Waals surface area (Å²) in [5.74, 6) is -0.186. The predicted octanol–water partition coefficient (Wildman–Crippen LogP) is 1.86. The van der Waals surface area contributed by atoms with Gasteiger partial charge in [-0.05, 0) is 17.6 Å². The van der Waals surface area contributed by atoms with Crippen LogP contribution in [0.15, 0.2) is 23.7 Å². The molecule has 10 heteroatoms. The third kappa shape index (κ3) is 3.01. The van der Waals surface area contributed by atoms with Crippen LogP contribution in [0.25, 0.3) is 0 Å². The highest BCUT2D eigenvalue weighted by Crippen LogP contribution is 2.30. The Bertz CT molecular complexity index is 671. The van der Waals surface area contributed by atoms with Crippen LogP contribution in [-0.4, -0.2) is 44.6 Å². The van der Waals surface area contributed by atoms with Crippen LogP contribution in [0.3, 0.4) is 0 Å². The minimum Gasteiger partial charge on any atom is -0.487 e. The first-order valence-corrected chi connectivity index (χ1v) is 7.03. The van der Waals surface area contributed by atoms with Gasteiger partial charge in [-0.2, -0.15) is 13.2 Å². The number of pyridine rings is 1. The summed E-state index contributed by atoms with van der Waals surface area (Å²) in [6.07, 6.45) is -3.82. The van der Waals surface area contributed by atoms with Crippen LogP contribution < -0.4 is 4.74 Å². The molecule has 0 radical (unpaired) electrons. The lowest BCUT2D eigenvalue weighted by atomic mass is 10.1. The van der Waals surface area contributed by atoms with Gasteiger partial charge in [0.25, 0.3) is 5.91 Å². The molecule has 116 valence electrons. The van der Waals surface area contributed by atoms with Gasteiger partial charge in [0.15, 0.2) is 5.69 Å². The molecule has 22 heavy (non-hydrogen) atoms. The summed E-state index contributed by atoms with van der Waals surface area (Å²) >= 11 is 1.07. The Balaban J connectivity index is 1.57. The van der Waals surface area contributed by atoms with E-state index < -0.39 is 11.9 Å². The number of ether oxygens (including phenoxy) is 1. The second kappa shape index (κ2) is 5.52. The van der Waals surface area contributed by atoms with E-state index >= 15 is 0 Å². The van der Waals surface area contributed by atoms with Crippen LogP contribution in [0.4, 0.5) is 13.2 Å². The highest BCUT2D eigenvalue weighted by Gasteiger charge is 2.35. The van der Waals surface area contributed by atoms with Crippen molar-refractivity contribution >= 4 is 17.4 Å². The molecule has 0 atom stereocenters. The van der Waals surface area contributed by atoms with Crippen molar-refractivity contribution in [3.05, 3.63) is 35.1 Å². The molecule has 1 fully saturated rings. The SMILES string of the molecule is O=C(c1csnn1)N1CC(Oc2ccnc(C(F)(F)F)c2)C1. The maximum Gasteiger partial charge on any atom is 0.433 e. The number of halogens is 3. The second-order valence-electron chi connectivity index (χ2n) is 4.61. The van der Waals surface area contributed by atoms with Gasteiger partial charge in [-0.15, -0.1) is 5.10 Å². The van der Waals surface area contributed by atoms with Crippen LogP contribution in [0, 0.1) is 0 Å². The number of hydrogen-bond donors (Lipinski definition) is 0. The molecule has 0 N–H and O–H groups in total. The van der Waals surface area contributed by atoms with Crippen LogP contribution >= 0.6 is 11.5 Å². The summed E-state index contributed by atoms with van der Waals surface area (Å²) in [5, 5.41) is 5.21. The van der Waals surface area contributed by atoms with E-state index in [1.54, 1.807) is 0 Å². The van der Waals surface area contributed by atoms with Crippen molar-refractivity contribution in [3.63, 3.8) is 0 Å². The van der Waals surface area contributed by atoms with Gasteiger partial charge < -0.3 is 9.64 Å². The molecule has 0 unspecified atom stereocenters. The third-order valence-corrected chi connectivity index (χ3v) is 3.54. The number of alkyl halides is 3. The molecule has 3 rings (SSSR count). The molecule has 3 heterocycles. The Hall–Kier alpha value is -2.23. The first-order chi connectivity index (χ1) is 10.4. The van der Waals surface area contributed by atoms with Gasteiger partial charge in [0.2, 0.25) is 0 Å². The van der Waals surface area contributed by atoms with Crippen LogP contribution in [0.2, 0.25) is 0 Å². The number of likely N-dealkylation sites (tertiary alicyclic amines) is 1. The normalized spacial score (nSPS) is 15.5. The zero-order chi connectivity index (χ0) is 15.7. The molecular weight excluding hydrogens is 321 g/mol. The number of aromatic nitrogens is 3. The van der Waals surface area contributed by atoms with Gasteiger partial charge in [0.05, 0.1) is 13.1 Å². The maximum atomic E-state index is 12.5. The van der Waals surface area contributed by atoms with Crippen LogP contribution in [-0.2, 0) is 6.18 Å². The number of nitrogens with zero attached hydrogens (tertiary/aromatic N) is 4. The van der Waals surface area contributed by atoms with Gasteiger partial charge in [-0.25, -0.2) is 0 Å². The molecular formula is C12H9F3N4O2S. The molecule has 0 spiro atoms. The standard InChI is InChI=1S/C12H9F3N4O2S/c13-12(14,15)10-3-7(1-2-16-10)21-8-4-19(5-8)11(20)9-6-22-18-17-9/h1-3,6,8H,4-5H2. The highest BCUT2D eigenvalue weighted by molar-refractivity contribution is 7.03. The third-order valence-electron chi connectivity index (χ3n) is 3.04. The monoisotopic (exact) mass is 330 g/mol. The Kier molecular flexibility index (Phi) is 3.69. The molecule has 2 aromatic rings. The fourth-order valence-corrected chi connectivity index (χ4v) is 2.36. The van der Waals surface area contributed by atoms with Crippen molar-refractivity contribution in [1.29, 1.82) is 0 Å². The van der Waals surface area contributed by atoms with Crippen molar-refractivity contribution in [2.75, 3.05) is 13.1 Å².